The van der Waals surface area contributed by atoms with E-state index in [0.717, 1.165) is 47.0 Å². The first kappa shape index (κ1) is 19.0. The average Bonchev–Trinajstić information content (AvgIpc) is 2.65. The molecular weight excluding hydrogens is 332 g/mol. The van der Waals surface area contributed by atoms with Crippen LogP contribution < -0.4 is 26.0 Å². The molecule has 6 heteroatoms. The summed E-state index contributed by atoms with van der Waals surface area (Å²) in [6.45, 7) is 2.14. The molecule has 0 saturated heterocycles. The molecular formula is C19H26N4OS. The van der Waals surface area contributed by atoms with E-state index >= 15 is 0 Å². The fourth-order valence-corrected chi connectivity index (χ4v) is 2.88. The Morgan fingerprint density at radius 2 is 2.00 bits per heavy atom. The van der Waals surface area contributed by atoms with Crippen molar-refractivity contribution in [2.45, 2.75) is 31.1 Å². The van der Waals surface area contributed by atoms with E-state index in [1.807, 2.05) is 48.5 Å². The minimum Gasteiger partial charge on any atom is -0.497 e. The maximum atomic E-state index is 6.11. The molecule has 0 radical (unpaired) electrons. The summed E-state index contributed by atoms with van der Waals surface area (Å²) in [5.74, 6) is 6.95. The second-order valence-electron chi connectivity index (χ2n) is 5.64. The Morgan fingerprint density at radius 3 is 2.68 bits per heavy atom. The Balaban J connectivity index is 1.97. The van der Waals surface area contributed by atoms with Crippen LogP contribution in [-0.4, -0.2) is 7.11 Å². The molecule has 5 N–H and O–H groups in total. The number of ether oxygens (including phenoxy) is 1. The molecule has 0 aliphatic rings. The smallest absolute Gasteiger partial charge is 0.119 e. The maximum Gasteiger partial charge on any atom is 0.119 e. The van der Waals surface area contributed by atoms with Crippen molar-refractivity contribution < 1.29 is 4.74 Å². The van der Waals surface area contributed by atoms with Crippen LogP contribution in [0.5, 0.6) is 5.75 Å². The third-order valence-electron chi connectivity index (χ3n) is 3.62. The highest BCUT2D eigenvalue weighted by molar-refractivity contribution is 8.00. The minimum atomic E-state index is 0.791. The molecule has 25 heavy (non-hydrogen) atoms. The third-order valence-corrected chi connectivity index (χ3v) is 4.44. The molecule has 5 nitrogen and oxygen atoms in total. The van der Waals surface area contributed by atoms with Gasteiger partial charge in [0.15, 0.2) is 0 Å². The number of hydrogen-bond donors (Lipinski definition) is 3. The summed E-state index contributed by atoms with van der Waals surface area (Å²) in [5.41, 5.74) is 8.69. The minimum absolute atomic E-state index is 0.791. The molecule has 0 fully saturated rings. The highest BCUT2D eigenvalue weighted by Gasteiger charge is 2.03. The number of nitrogens with two attached hydrogens (primary N) is 2. The Labute approximate surface area is 154 Å². The SMILES string of the molecule is CCCC/C(N)=C/N(N)c1cccc(SNc2ccc(OC)cc2)c1. The van der Waals surface area contributed by atoms with Gasteiger partial charge in [-0.25, -0.2) is 5.84 Å². The van der Waals surface area contributed by atoms with Crippen LogP contribution in [0.3, 0.4) is 0 Å². The predicted octanol–water partition coefficient (Wildman–Crippen LogP) is 4.48. The van der Waals surface area contributed by atoms with E-state index in [9.17, 15) is 0 Å². The lowest BCUT2D eigenvalue weighted by molar-refractivity contribution is 0.415. The second kappa shape index (κ2) is 9.86. The first-order chi connectivity index (χ1) is 12.1. The lowest BCUT2D eigenvalue weighted by Gasteiger charge is -2.16. The second-order valence-corrected chi connectivity index (χ2v) is 6.52. The number of allylic oxidation sites excluding steroid dienone is 1. The molecule has 0 aliphatic heterocycles. The molecule has 0 spiro atoms. The molecule has 0 bridgehead atoms. The molecule has 2 aromatic rings. The number of hydrogen-bond acceptors (Lipinski definition) is 6. The lowest BCUT2D eigenvalue weighted by Crippen LogP contribution is -2.26. The zero-order chi connectivity index (χ0) is 18.1. The Morgan fingerprint density at radius 1 is 1.24 bits per heavy atom. The van der Waals surface area contributed by atoms with Crippen LogP contribution in [0.4, 0.5) is 11.4 Å². The van der Waals surface area contributed by atoms with Gasteiger partial charge in [-0.3, -0.25) is 5.01 Å². The van der Waals surface area contributed by atoms with Crippen LogP contribution >= 0.6 is 11.9 Å². The third kappa shape index (κ3) is 6.25. The number of methoxy groups -OCH3 is 1. The number of rotatable bonds is 9. The molecule has 134 valence electrons. The summed E-state index contributed by atoms with van der Waals surface area (Å²) in [6.07, 6.45) is 4.83. The number of nitrogens with zero attached hydrogens (tertiary/aromatic N) is 1. The fourth-order valence-electron chi connectivity index (χ4n) is 2.18. The number of benzene rings is 2. The van der Waals surface area contributed by atoms with Crippen LogP contribution in [0, 0.1) is 0 Å². The molecule has 0 atom stereocenters. The van der Waals surface area contributed by atoms with Gasteiger partial charge in [-0.2, -0.15) is 0 Å². The van der Waals surface area contributed by atoms with Gasteiger partial charge < -0.3 is 15.2 Å². The van der Waals surface area contributed by atoms with E-state index in [1.54, 1.807) is 18.3 Å². The molecule has 0 unspecified atom stereocenters. The lowest BCUT2D eigenvalue weighted by atomic mass is 10.2. The van der Waals surface area contributed by atoms with Gasteiger partial charge in [0.2, 0.25) is 0 Å². The van der Waals surface area contributed by atoms with Gasteiger partial charge in [-0.05, 0) is 67.3 Å². The molecule has 0 heterocycles. The summed E-state index contributed by atoms with van der Waals surface area (Å²) in [7, 11) is 1.66. The van der Waals surface area contributed by atoms with Crippen LogP contribution in [0.1, 0.15) is 26.2 Å². The van der Waals surface area contributed by atoms with Crippen molar-refractivity contribution in [1.29, 1.82) is 0 Å². The summed E-state index contributed by atoms with van der Waals surface area (Å²) in [4.78, 5) is 1.06. The molecule has 0 amide bonds. The Hall–Kier alpha value is -2.31. The van der Waals surface area contributed by atoms with Gasteiger partial charge in [-0.1, -0.05) is 19.4 Å². The Bertz CT molecular complexity index is 688. The standard InChI is InChI=1S/C19H26N4OS/c1-3-4-6-15(20)14-23(21)17-7-5-8-19(13-17)25-22-16-9-11-18(24-2)12-10-16/h5,7-14,22H,3-4,6,20-21H2,1-2H3/b15-14-. The van der Waals surface area contributed by atoms with Gasteiger partial charge in [0.05, 0.1) is 12.8 Å². The van der Waals surface area contributed by atoms with Gasteiger partial charge in [0.25, 0.3) is 0 Å². The van der Waals surface area contributed by atoms with E-state index in [4.69, 9.17) is 16.3 Å². The maximum absolute atomic E-state index is 6.11. The van der Waals surface area contributed by atoms with E-state index in [0.29, 0.717) is 0 Å². The number of hydrazine groups is 1. The van der Waals surface area contributed by atoms with E-state index in [1.165, 1.54) is 11.9 Å². The van der Waals surface area contributed by atoms with Crippen molar-refractivity contribution in [3.8, 4) is 5.75 Å². The van der Waals surface area contributed by atoms with Crippen molar-refractivity contribution in [3.05, 3.63) is 60.4 Å². The molecule has 0 aromatic heterocycles. The molecule has 2 aromatic carbocycles. The van der Waals surface area contributed by atoms with Crippen LogP contribution in [0.25, 0.3) is 0 Å². The Kier molecular flexibility index (Phi) is 7.50. The first-order valence-electron chi connectivity index (χ1n) is 8.29. The van der Waals surface area contributed by atoms with Crippen molar-refractivity contribution in [2.24, 2.45) is 11.6 Å². The van der Waals surface area contributed by atoms with Gasteiger partial charge >= 0.3 is 0 Å². The largest absolute Gasteiger partial charge is 0.497 e. The van der Waals surface area contributed by atoms with Crippen LogP contribution in [0.15, 0.2) is 65.3 Å². The summed E-state index contributed by atoms with van der Waals surface area (Å²) in [6, 6.07) is 15.8. The van der Waals surface area contributed by atoms with Crippen molar-refractivity contribution in [1.82, 2.24) is 0 Å². The van der Waals surface area contributed by atoms with Crippen molar-refractivity contribution in [3.63, 3.8) is 0 Å². The average molecular weight is 359 g/mol. The van der Waals surface area contributed by atoms with Crippen molar-refractivity contribution >= 4 is 23.3 Å². The van der Waals surface area contributed by atoms with E-state index in [2.05, 4.69) is 11.6 Å². The topological polar surface area (TPSA) is 76.5 Å². The molecule has 2 rings (SSSR count). The van der Waals surface area contributed by atoms with Gasteiger partial charge in [0, 0.05) is 22.5 Å². The normalized spacial score (nSPS) is 11.2. The van der Waals surface area contributed by atoms with Crippen LogP contribution in [0.2, 0.25) is 0 Å². The molecule has 0 saturated carbocycles. The highest BCUT2D eigenvalue weighted by Crippen LogP contribution is 2.26. The fraction of sp³-hybridized carbons (Fsp3) is 0.263. The predicted molar refractivity (Wildman–Crippen MR) is 107 cm³/mol. The summed E-state index contributed by atoms with van der Waals surface area (Å²) < 4.78 is 8.47. The quantitative estimate of drug-likeness (QED) is 0.348. The van der Waals surface area contributed by atoms with Gasteiger partial charge in [0.1, 0.15) is 5.75 Å². The monoisotopic (exact) mass is 358 g/mol. The number of unbranched alkanes of at least 4 members (excludes halogenated alkanes) is 1. The molecule has 0 aliphatic carbocycles. The zero-order valence-corrected chi connectivity index (χ0v) is 15.6. The summed E-state index contributed by atoms with van der Waals surface area (Å²) >= 11 is 1.53. The number of nitrogens with one attached hydrogen (secondary N) is 1. The van der Waals surface area contributed by atoms with E-state index in [-0.39, 0.29) is 0 Å². The first-order valence-corrected chi connectivity index (χ1v) is 9.11. The number of anilines is 2. The van der Waals surface area contributed by atoms with Gasteiger partial charge in [-0.15, -0.1) is 0 Å². The van der Waals surface area contributed by atoms with Crippen molar-refractivity contribution in [2.75, 3.05) is 16.8 Å². The zero-order valence-electron chi connectivity index (χ0n) is 14.7. The van der Waals surface area contributed by atoms with E-state index < -0.39 is 0 Å². The highest BCUT2D eigenvalue weighted by atomic mass is 32.2. The van der Waals surface area contributed by atoms with Crippen LogP contribution in [-0.2, 0) is 0 Å². The summed E-state index contributed by atoms with van der Waals surface area (Å²) in [5, 5.41) is 1.57.